The summed E-state index contributed by atoms with van der Waals surface area (Å²) < 4.78 is 0. The summed E-state index contributed by atoms with van der Waals surface area (Å²) in [6, 6.07) is 0. The van der Waals surface area contributed by atoms with E-state index in [-0.39, 0.29) is 69.9 Å². The van der Waals surface area contributed by atoms with Crippen molar-refractivity contribution in [2.75, 3.05) is 0 Å². The Hall–Kier alpha value is 1.36. The van der Waals surface area contributed by atoms with Crippen LogP contribution in [0.3, 0.4) is 0 Å². The van der Waals surface area contributed by atoms with Crippen molar-refractivity contribution >= 4 is 6.47 Å². The number of carbonyl (C=O) groups is 1. The minimum Gasteiger partial charge on any atom is -1.00 e. The fourth-order valence-corrected chi connectivity index (χ4v) is 0. The quantitative estimate of drug-likeness (QED) is 0.266. The van der Waals surface area contributed by atoms with E-state index < -0.39 is 6.47 Å². The van der Waals surface area contributed by atoms with E-state index in [1.54, 1.807) is 0 Å². The Balaban J connectivity index is -0.00000000667. The van der Waals surface area contributed by atoms with E-state index in [9.17, 15) is 0 Å². The summed E-state index contributed by atoms with van der Waals surface area (Å²) in [4.78, 5) is 8.25. The van der Waals surface area contributed by atoms with Crippen molar-refractivity contribution in [3.05, 3.63) is 0 Å². The average Bonchev–Trinajstić information content (AvgIpc) is 0.918. The molecule has 0 aromatic heterocycles. The maximum atomic E-state index is 8.25. The number of quaternary nitrogens is 1. The molecule has 0 saturated heterocycles. The van der Waals surface area contributed by atoms with Crippen LogP contribution in [0.15, 0.2) is 0 Å². The van der Waals surface area contributed by atoms with Gasteiger partial charge in [-0.05, 0) is 0 Å². The molecule has 0 bridgehead atoms. The van der Waals surface area contributed by atoms with Crippen molar-refractivity contribution in [2.24, 2.45) is 0 Å². The van der Waals surface area contributed by atoms with Gasteiger partial charge in [0.25, 0.3) is 0 Å². The Morgan fingerprint density at radius 3 is 1.50 bits per heavy atom. The molecule has 0 heterocycles. The van der Waals surface area contributed by atoms with E-state index in [1.807, 2.05) is 0 Å². The third-order valence-corrected chi connectivity index (χ3v) is 0. The first-order valence-electron chi connectivity index (χ1n) is 0.471. The summed E-state index contributed by atoms with van der Waals surface area (Å²) in [5.74, 6) is 0. The zero-order chi connectivity index (χ0) is 2.71. The molecule has 0 aromatic rings. The van der Waals surface area contributed by atoms with Crippen LogP contribution in [0.2, 0.25) is 0 Å². The van der Waals surface area contributed by atoms with E-state index in [2.05, 4.69) is 0 Å². The Labute approximate surface area is 84.9 Å². The zero-order valence-corrected chi connectivity index (χ0v) is 7.65. The first kappa shape index (κ1) is 26.4. The van der Waals surface area contributed by atoms with Crippen molar-refractivity contribution in [1.29, 1.82) is 0 Å². The Morgan fingerprint density at radius 2 is 1.50 bits per heavy atom. The molecule has 0 aliphatic carbocycles. The van der Waals surface area contributed by atoms with Crippen molar-refractivity contribution < 1.29 is 73.7 Å². The average molecular weight is 138 g/mol. The zero-order valence-electron chi connectivity index (χ0n) is 3.77. The van der Waals surface area contributed by atoms with Gasteiger partial charge in [0.2, 0.25) is 0 Å². The summed E-state index contributed by atoms with van der Waals surface area (Å²) in [6.45, 7) is -0.500. The number of hydrogen-bond donors (Lipinski definition) is 1. The molecule has 0 spiro atoms. The number of carbonyl (C=O) groups excluding carboxylic acids is 1. The first-order chi connectivity index (χ1) is 1.41. The van der Waals surface area contributed by atoms with Crippen LogP contribution in [0.1, 0.15) is 0 Å². The van der Waals surface area contributed by atoms with E-state index in [4.69, 9.17) is 9.90 Å². The molecule has 0 fully saturated rings. The van der Waals surface area contributed by atoms with Crippen LogP contribution in [0.25, 0.3) is 0 Å². The van der Waals surface area contributed by atoms with E-state index >= 15 is 0 Å². The second-order valence-corrected chi connectivity index (χ2v) is 0.0962. The van der Waals surface area contributed by atoms with E-state index in [1.165, 1.54) is 0 Å². The molecule has 3 nitrogen and oxygen atoms in total. The largest absolute Gasteiger partial charge is 1.00 e. The second kappa shape index (κ2) is 32.8. The van der Waals surface area contributed by atoms with Crippen molar-refractivity contribution in [2.45, 2.75) is 0 Å². The van der Waals surface area contributed by atoms with Gasteiger partial charge in [-0.3, -0.25) is 0 Å². The maximum absolute atomic E-state index is 8.25. The van der Waals surface area contributed by atoms with Gasteiger partial charge in [0.15, 0.2) is 0 Å². The fraction of sp³-hybridized carbons (Fsp3) is 0. The van der Waals surface area contributed by atoms with Crippen molar-refractivity contribution in [3.63, 3.8) is 0 Å². The summed E-state index contributed by atoms with van der Waals surface area (Å²) in [7, 11) is 0. The van der Waals surface area contributed by atoms with Crippen LogP contribution in [0.4, 0.5) is 0 Å². The van der Waals surface area contributed by atoms with Gasteiger partial charge < -0.3 is 28.5 Å². The molecule has 0 atom stereocenters. The molecule has 0 rings (SSSR count). The predicted octanol–water partition coefficient (Wildman–Crippen LogP) is -7.25. The SMILES string of the molecule is O=C[O-].[Cl-].[K+].[NH4+]. The van der Waals surface area contributed by atoms with E-state index in [0.29, 0.717) is 0 Å². The Kier molecular flexibility index (Phi) is 144. The molecule has 0 amide bonds. The molecular weight excluding hydrogens is 133 g/mol. The third kappa shape index (κ3) is 55.3. The van der Waals surface area contributed by atoms with Crippen molar-refractivity contribution in [1.82, 2.24) is 6.15 Å². The van der Waals surface area contributed by atoms with E-state index in [0.717, 1.165) is 0 Å². The molecule has 4 N–H and O–H groups in total. The molecule has 6 heavy (non-hydrogen) atoms. The molecular formula is CH5ClKNO2. The smallest absolute Gasteiger partial charge is 1.00 e. The summed E-state index contributed by atoms with van der Waals surface area (Å²) in [6.07, 6.45) is 0. The number of carboxylic acid groups (broad SMARTS) is 1. The monoisotopic (exact) mass is 137 g/mol. The molecule has 0 saturated carbocycles. The van der Waals surface area contributed by atoms with Gasteiger partial charge in [0.1, 0.15) is 0 Å². The number of rotatable bonds is 0. The molecule has 0 aliphatic rings. The van der Waals surface area contributed by atoms with Gasteiger partial charge in [-0.25, -0.2) is 0 Å². The van der Waals surface area contributed by atoms with Gasteiger partial charge in [0, 0.05) is 6.47 Å². The van der Waals surface area contributed by atoms with Gasteiger partial charge in [-0.1, -0.05) is 0 Å². The van der Waals surface area contributed by atoms with Gasteiger partial charge >= 0.3 is 51.4 Å². The fourth-order valence-electron chi connectivity index (χ4n) is 0. The number of hydrogen-bond acceptors (Lipinski definition) is 2. The maximum Gasteiger partial charge on any atom is 1.00 e. The Bertz CT molecular complexity index is 21.0. The first-order valence-corrected chi connectivity index (χ1v) is 0.471. The predicted molar refractivity (Wildman–Crippen MR) is 12.0 cm³/mol. The minimum absolute atomic E-state index is 0. The van der Waals surface area contributed by atoms with Crippen LogP contribution in [-0.2, 0) is 4.79 Å². The summed E-state index contributed by atoms with van der Waals surface area (Å²) in [5, 5.41) is 8.25. The van der Waals surface area contributed by atoms with Crippen LogP contribution >= 0.6 is 0 Å². The summed E-state index contributed by atoms with van der Waals surface area (Å²) >= 11 is 0. The van der Waals surface area contributed by atoms with Crippen LogP contribution in [-0.4, -0.2) is 6.47 Å². The second-order valence-electron chi connectivity index (χ2n) is 0.0962. The molecule has 0 aliphatic heterocycles. The van der Waals surface area contributed by atoms with Gasteiger partial charge in [-0.2, -0.15) is 0 Å². The summed E-state index contributed by atoms with van der Waals surface area (Å²) in [5.41, 5.74) is 0. The minimum atomic E-state index is -0.500. The van der Waals surface area contributed by atoms with Gasteiger partial charge in [0.05, 0.1) is 0 Å². The topological polar surface area (TPSA) is 76.6 Å². The van der Waals surface area contributed by atoms with Crippen molar-refractivity contribution in [3.8, 4) is 0 Å². The Morgan fingerprint density at radius 1 is 1.50 bits per heavy atom. The van der Waals surface area contributed by atoms with Crippen LogP contribution in [0.5, 0.6) is 0 Å². The van der Waals surface area contributed by atoms with Crippen LogP contribution in [0, 0.1) is 0 Å². The van der Waals surface area contributed by atoms with Gasteiger partial charge in [-0.15, -0.1) is 0 Å². The van der Waals surface area contributed by atoms with Crippen LogP contribution < -0.4 is 75.0 Å². The molecule has 0 unspecified atom stereocenters. The molecule has 0 radical (unpaired) electrons. The normalized spacial score (nSPS) is 2.00. The molecule has 34 valence electrons. The number of halogens is 1. The standard InChI is InChI=1S/CH2O2.ClH.K.H3N/c2-1-3;;;/h1H,(H,2,3);1H;;1H3/q;;+1;/p-1. The molecule has 0 aromatic carbocycles. The molecule has 5 heteroatoms. The third-order valence-electron chi connectivity index (χ3n) is 0.